The van der Waals surface area contributed by atoms with Crippen molar-refractivity contribution >= 4 is 17.5 Å². The normalized spacial score (nSPS) is 20.5. The summed E-state index contributed by atoms with van der Waals surface area (Å²) in [5.74, 6) is -1.79. The molecular formula is C16H15N3O3. The number of phenols is 1. The van der Waals surface area contributed by atoms with E-state index in [1.165, 1.54) is 6.07 Å². The Bertz CT molecular complexity index is 703. The van der Waals surface area contributed by atoms with Crippen LogP contribution in [-0.2, 0) is 9.59 Å². The quantitative estimate of drug-likeness (QED) is 0.643. The fourth-order valence-corrected chi connectivity index (χ4v) is 2.48. The Morgan fingerprint density at radius 1 is 1.05 bits per heavy atom. The molecule has 1 aliphatic heterocycles. The number of amides is 2. The Balaban J connectivity index is 1.85. The zero-order valence-corrected chi connectivity index (χ0v) is 11.6. The molecule has 0 spiro atoms. The van der Waals surface area contributed by atoms with E-state index < -0.39 is 23.8 Å². The topological polar surface area (TPSA) is 90.5 Å². The van der Waals surface area contributed by atoms with Gasteiger partial charge in [0.25, 0.3) is 0 Å². The minimum atomic E-state index is -0.964. The van der Waals surface area contributed by atoms with Crippen LogP contribution in [0.25, 0.3) is 0 Å². The van der Waals surface area contributed by atoms with Crippen LogP contribution >= 0.6 is 0 Å². The van der Waals surface area contributed by atoms with Crippen LogP contribution in [0.1, 0.15) is 11.6 Å². The molecule has 2 aromatic carbocycles. The van der Waals surface area contributed by atoms with E-state index in [1.54, 1.807) is 42.5 Å². The van der Waals surface area contributed by atoms with E-state index in [1.807, 2.05) is 6.07 Å². The lowest BCUT2D eigenvalue weighted by atomic mass is 9.93. The molecule has 4 N–H and O–H groups in total. The van der Waals surface area contributed by atoms with E-state index >= 15 is 0 Å². The van der Waals surface area contributed by atoms with Crippen LogP contribution in [0, 0.1) is 5.92 Å². The number of rotatable bonds is 3. The summed E-state index contributed by atoms with van der Waals surface area (Å²) in [5, 5.41) is 12.6. The summed E-state index contributed by atoms with van der Waals surface area (Å²) in [6.45, 7) is 0. The Hall–Kier alpha value is -2.86. The van der Waals surface area contributed by atoms with E-state index in [-0.39, 0.29) is 5.75 Å². The van der Waals surface area contributed by atoms with Gasteiger partial charge in [-0.3, -0.25) is 15.0 Å². The third-order valence-corrected chi connectivity index (χ3v) is 3.56. The lowest BCUT2D eigenvalue weighted by Crippen LogP contribution is -2.32. The highest BCUT2D eigenvalue weighted by Gasteiger charge is 2.42. The first-order valence-corrected chi connectivity index (χ1v) is 6.86. The highest BCUT2D eigenvalue weighted by atomic mass is 16.3. The first-order chi connectivity index (χ1) is 10.7. The summed E-state index contributed by atoms with van der Waals surface area (Å²) < 4.78 is 0. The number of aromatic hydroxyl groups is 1. The van der Waals surface area contributed by atoms with Gasteiger partial charge in [-0.25, -0.2) is 5.43 Å². The van der Waals surface area contributed by atoms with E-state index in [0.29, 0.717) is 11.3 Å². The maximum atomic E-state index is 12.4. The van der Waals surface area contributed by atoms with Crippen molar-refractivity contribution in [1.29, 1.82) is 0 Å². The van der Waals surface area contributed by atoms with Crippen LogP contribution in [0.2, 0.25) is 0 Å². The van der Waals surface area contributed by atoms with Crippen molar-refractivity contribution < 1.29 is 14.7 Å². The summed E-state index contributed by atoms with van der Waals surface area (Å²) in [7, 11) is 0. The zero-order valence-electron chi connectivity index (χ0n) is 11.6. The van der Waals surface area contributed by atoms with Gasteiger partial charge in [0.05, 0.1) is 6.04 Å². The lowest BCUT2D eigenvalue weighted by molar-refractivity contribution is -0.130. The van der Waals surface area contributed by atoms with E-state index in [4.69, 9.17) is 0 Å². The van der Waals surface area contributed by atoms with Gasteiger partial charge in [-0.15, -0.1) is 0 Å². The molecular weight excluding hydrogens is 282 g/mol. The van der Waals surface area contributed by atoms with Crippen molar-refractivity contribution in [2.75, 3.05) is 5.32 Å². The molecule has 0 radical (unpaired) electrons. The molecule has 6 heteroatoms. The maximum Gasteiger partial charge on any atom is 0.248 e. The number of carbonyl (C=O) groups excluding carboxylic acids is 2. The Labute approximate surface area is 127 Å². The number of hydrogen-bond acceptors (Lipinski definition) is 4. The van der Waals surface area contributed by atoms with Gasteiger partial charge in [0.2, 0.25) is 11.8 Å². The molecule has 0 aliphatic carbocycles. The molecule has 112 valence electrons. The number of hydrogen-bond donors (Lipinski definition) is 4. The van der Waals surface area contributed by atoms with Crippen LogP contribution in [0.4, 0.5) is 5.69 Å². The van der Waals surface area contributed by atoms with Gasteiger partial charge in [0.1, 0.15) is 11.7 Å². The molecule has 0 aromatic heterocycles. The fraction of sp³-hybridized carbons (Fsp3) is 0.125. The van der Waals surface area contributed by atoms with Crippen molar-refractivity contribution in [2.45, 2.75) is 6.04 Å². The van der Waals surface area contributed by atoms with Crippen LogP contribution in [-0.4, -0.2) is 16.9 Å². The fourth-order valence-electron chi connectivity index (χ4n) is 2.48. The highest BCUT2D eigenvalue weighted by Crippen LogP contribution is 2.32. The van der Waals surface area contributed by atoms with Gasteiger partial charge in [0, 0.05) is 11.3 Å². The van der Waals surface area contributed by atoms with Crippen molar-refractivity contribution in [3.63, 3.8) is 0 Å². The third kappa shape index (κ3) is 2.64. The SMILES string of the molecule is O=C1NNC(c2ccccc2O)C1C(=O)Nc1ccccc1. The third-order valence-electron chi connectivity index (χ3n) is 3.56. The molecule has 2 unspecified atom stereocenters. The van der Waals surface area contributed by atoms with Gasteiger partial charge in [-0.05, 0) is 18.2 Å². The Morgan fingerprint density at radius 3 is 2.45 bits per heavy atom. The van der Waals surface area contributed by atoms with Gasteiger partial charge in [0.15, 0.2) is 0 Å². The lowest BCUT2D eigenvalue weighted by Gasteiger charge is -2.17. The zero-order chi connectivity index (χ0) is 15.5. The number of benzene rings is 2. The summed E-state index contributed by atoms with van der Waals surface area (Å²) in [5.41, 5.74) is 6.32. The number of para-hydroxylation sites is 2. The second-order valence-corrected chi connectivity index (χ2v) is 5.00. The standard InChI is InChI=1S/C16H15N3O3/c20-12-9-5-4-8-11(12)14-13(16(22)19-18-14)15(21)17-10-6-2-1-3-7-10/h1-9,13-14,18,20H,(H,17,21)(H,19,22). The molecule has 0 saturated carbocycles. The van der Waals surface area contributed by atoms with Crippen molar-refractivity contribution in [3.8, 4) is 5.75 Å². The molecule has 0 bridgehead atoms. The average Bonchev–Trinajstić information content (AvgIpc) is 2.90. The van der Waals surface area contributed by atoms with Crippen molar-refractivity contribution in [3.05, 3.63) is 60.2 Å². The van der Waals surface area contributed by atoms with Gasteiger partial charge < -0.3 is 10.4 Å². The predicted molar refractivity (Wildman–Crippen MR) is 80.7 cm³/mol. The molecule has 1 saturated heterocycles. The molecule has 2 aromatic rings. The minimum absolute atomic E-state index is 0.0361. The van der Waals surface area contributed by atoms with Crippen LogP contribution in [0.15, 0.2) is 54.6 Å². The van der Waals surface area contributed by atoms with Crippen LogP contribution in [0.5, 0.6) is 5.75 Å². The predicted octanol–water partition coefficient (Wildman–Crippen LogP) is 1.32. The van der Waals surface area contributed by atoms with Gasteiger partial charge in [-0.2, -0.15) is 0 Å². The van der Waals surface area contributed by atoms with Crippen molar-refractivity contribution in [1.82, 2.24) is 10.9 Å². The summed E-state index contributed by atoms with van der Waals surface area (Å²) in [6, 6.07) is 14.9. The average molecular weight is 297 g/mol. The summed E-state index contributed by atoms with van der Waals surface area (Å²) in [4.78, 5) is 24.4. The van der Waals surface area contributed by atoms with Crippen molar-refractivity contribution in [2.24, 2.45) is 5.92 Å². The maximum absolute atomic E-state index is 12.4. The molecule has 1 aliphatic rings. The number of anilines is 1. The molecule has 1 heterocycles. The smallest absolute Gasteiger partial charge is 0.248 e. The largest absolute Gasteiger partial charge is 0.508 e. The Morgan fingerprint density at radius 2 is 1.73 bits per heavy atom. The summed E-state index contributed by atoms with van der Waals surface area (Å²) >= 11 is 0. The number of nitrogens with one attached hydrogen (secondary N) is 3. The number of carbonyl (C=O) groups is 2. The second kappa shape index (κ2) is 5.87. The molecule has 3 rings (SSSR count). The van der Waals surface area contributed by atoms with Crippen LogP contribution in [0.3, 0.4) is 0 Å². The Kier molecular flexibility index (Phi) is 3.76. The monoisotopic (exact) mass is 297 g/mol. The first kappa shape index (κ1) is 14.1. The van der Waals surface area contributed by atoms with Gasteiger partial charge >= 0.3 is 0 Å². The molecule has 1 fully saturated rings. The highest BCUT2D eigenvalue weighted by molar-refractivity contribution is 6.08. The molecule has 22 heavy (non-hydrogen) atoms. The van der Waals surface area contributed by atoms with Crippen LogP contribution < -0.4 is 16.2 Å². The van der Waals surface area contributed by atoms with E-state index in [0.717, 1.165) is 0 Å². The first-order valence-electron chi connectivity index (χ1n) is 6.86. The van der Waals surface area contributed by atoms with E-state index in [9.17, 15) is 14.7 Å². The summed E-state index contributed by atoms with van der Waals surface area (Å²) in [6.07, 6.45) is 0. The molecule has 6 nitrogen and oxygen atoms in total. The second-order valence-electron chi connectivity index (χ2n) is 5.00. The number of hydrazine groups is 1. The number of phenolic OH excluding ortho intramolecular Hbond substituents is 1. The van der Waals surface area contributed by atoms with Gasteiger partial charge in [-0.1, -0.05) is 36.4 Å². The minimum Gasteiger partial charge on any atom is -0.508 e. The molecule has 2 atom stereocenters. The van der Waals surface area contributed by atoms with E-state index in [2.05, 4.69) is 16.2 Å². The molecule has 2 amide bonds.